The molecule has 0 aromatic heterocycles. The van der Waals surface area contributed by atoms with Crippen LogP contribution in [0, 0.1) is 0 Å². The predicted octanol–water partition coefficient (Wildman–Crippen LogP) is 22.8. The van der Waals surface area contributed by atoms with E-state index < -0.39 is 6.10 Å². The normalized spacial score (nSPS) is 12.4. The summed E-state index contributed by atoms with van der Waals surface area (Å²) in [4.78, 5) is 24.6. The van der Waals surface area contributed by atoms with Gasteiger partial charge in [-0.2, -0.15) is 0 Å². The van der Waals surface area contributed by atoms with Crippen LogP contribution in [0.1, 0.15) is 361 Å². The van der Waals surface area contributed by atoms with Gasteiger partial charge in [-0.1, -0.05) is 345 Å². The number of allylic oxidation sites excluding steroid dienone is 8. The second-order valence-corrected chi connectivity index (χ2v) is 22.5. The van der Waals surface area contributed by atoms with Crippen LogP contribution in [-0.2, 0) is 19.1 Å². The summed E-state index contributed by atoms with van der Waals surface area (Å²) in [5.41, 5.74) is 0. The molecule has 0 amide bonds. The van der Waals surface area contributed by atoms with Crippen LogP contribution in [0.2, 0.25) is 0 Å². The number of hydrogen-bond donors (Lipinski definition) is 1. The van der Waals surface area contributed by atoms with E-state index in [0.717, 1.165) is 57.8 Å². The number of esters is 2. The van der Waals surface area contributed by atoms with Gasteiger partial charge in [-0.25, -0.2) is 0 Å². The van der Waals surface area contributed by atoms with E-state index in [4.69, 9.17) is 9.47 Å². The Bertz CT molecular complexity index is 1220. The van der Waals surface area contributed by atoms with Crippen molar-refractivity contribution in [3.8, 4) is 0 Å². The van der Waals surface area contributed by atoms with Crippen molar-refractivity contribution in [3.63, 3.8) is 0 Å². The Morgan fingerprint density at radius 2 is 0.581 bits per heavy atom. The molecule has 5 nitrogen and oxygen atoms in total. The first-order valence-corrected chi connectivity index (χ1v) is 33.2. The molecule has 1 N–H and O–H groups in total. The van der Waals surface area contributed by atoms with Gasteiger partial charge in [-0.3, -0.25) is 9.59 Å². The lowest BCUT2D eigenvalue weighted by Gasteiger charge is -2.15. The van der Waals surface area contributed by atoms with Gasteiger partial charge in [0.2, 0.25) is 0 Å². The second kappa shape index (κ2) is 65.1. The number of rotatable bonds is 62. The standard InChI is InChI=1S/C69H128O5/c1-3-5-7-9-11-13-15-17-19-21-23-25-27-29-31-32-33-34-35-36-38-40-42-44-46-48-50-52-54-56-58-60-62-64-69(72)74-67(65-70)66-73-68(71)63-61-59-57-55-53-51-49-47-45-43-41-39-37-30-28-26-24-22-20-18-16-14-12-10-8-6-4-2/h5,7,11,13,17,19,23,25,67,70H,3-4,6,8-10,12,14-16,18,20-22,24,26-66H2,1-2H3/b7-5-,13-11-,19-17-,25-23-. The van der Waals surface area contributed by atoms with Gasteiger partial charge in [0.15, 0.2) is 6.10 Å². The van der Waals surface area contributed by atoms with Crippen molar-refractivity contribution in [2.24, 2.45) is 0 Å². The van der Waals surface area contributed by atoms with Crippen LogP contribution in [0.4, 0.5) is 0 Å². The van der Waals surface area contributed by atoms with Crippen LogP contribution >= 0.6 is 0 Å². The Kier molecular flexibility index (Phi) is 63.3. The van der Waals surface area contributed by atoms with Crippen molar-refractivity contribution in [2.75, 3.05) is 13.2 Å². The maximum Gasteiger partial charge on any atom is 0.306 e. The molecule has 0 aliphatic heterocycles. The molecule has 0 aliphatic carbocycles. The zero-order valence-electron chi connectivity index (χ0n) is 49.9. The first-order chi connectivity index (χ1) is 36.6. The Morgan fingerprint density at radius 3 is 0.878 bits per heavy atom. The fraction of sp³-hybridized carbons (Fsp3) is 0.855. The first-order valence-electron chi connectivity index (χ1n) is 33.2. The van der Waals surface area contributed by atoms with Gasteiger partial charge in [0.25, 0.3) is 0 Å². The van der Waals surface area contributed by atoms with Gasteiger partial charge in [-0.15, -0.1) is 0 Å². The molecule has 0 aromatic carbocycles. The molecule has 1 unspecified atom stereocenters. The van der Waals surface area contributed by atoms with E-state index in [2.05, 4.69) is 62.5 Å². The van der Waals surface area contributed by atoms with Gasteiger partial charge in [0.1, 0.15) is 6.61 Å². The highest BCUT2D eigenvalue weighted by molar-refractivity contribution is 5.70. The van der Waals surface area contributed by atoms with E-state index in [-0.39, 0.29) is 25.2 Å². The highest BCUT2D eigenvalue weighted by atomic mass is 16.6. The molecule has 0 saturated heterocycles. The van der Waals surface area contributed by atoms with Crippen LogP contribution in [0.3, 0.4) is 0 Å². The molecule has 0 heterocycles. The quantitative estimate of drug-likeness (QED) is 0.0373. The van der Waals surface area contributed by atoms with Crippen molar-refractivity contribution in [3.05, 3.63) is 48.6 Å². The van der Waals surface area contributed by atoms with E-state index in [9.17, 15) is 14.7 Å². The zero-order chi connectivity index (χ0) is 53.4. The smallest absolute Gasteiger partial charge is 0.306 e. The molecule has 74 heavy (non-hydrogen) atoms. The molecule has 0 radical (unpaired) electrons. The number of aliphatic hydroxyl groups is 1. The van der Waals surface area contributed by atoms with E-state index in [1.165, 1.54) is 276 Å². The fourth-order valence-corrected chi connectivity index (χ4v) is 10.2. The van der Waals surface area contributed by atoms with Crippen LogP contribution in [0.5, 0.6) is 0 Å². The largest absolute Gasteiger partial charge is 0.462 e. The van der Waals surface area contributed by atoms with E-state index in [1.54, 1.807) is 0 Å². The number of carbonyl (C=O) groups is 2. The van der Waals surface area contributed by atoms with Crippen LogP contribution < -0.4 is 0 Å². The van der Waals surface area contributed by atoms with Gasteiger partial charge in [0, 0.05) is 12.8 Å². The maximum absolute atomic E-state index is 12.4. The highest BCUT2D eigenvalue weighted by Gasteiger charge is 2.16. The van der Waals surface area contributed by atoms with Crippen LogP contribution in [-0.4, -0.2) is 36.4 Å². The summed E-state index contributed by atoms with van der Waals surface area (Å²) in [5.74, 6) is -0.567. The number of aliphatic hydroxyl groups excluding tert-OH is 1. The summed E-state index contributed by atoms with van der Waals surface area (Å²) in [5, 5.41) is 9.69. The number of hydrogen-bond acceptors (Lipinski definition) is 5. The SMILES string of the molecule is CC/C=C\C/C=C\C/C=C\C/C=C\CCCCCCCCCCCCCCCCCCCCCCC(=O)OC(CO)COC(=O)CCCCCCCCCCCCCCCCCCCCCCCCCCCCC. The van der Waals surface area contributed by atoms with E-state index >= 15 is 0 Å². The lowest BCUT2D eigenvalue weighted by molar-refractivity contribution is -0.161. The van der Waals surface area contributed by atoms with E-state index in [1.807, 2.05) is 0 Å². The van der Waals surface area contributed by atoms with Crippen molar-refractivity contribution < 1.29 is 24.2 Å². The predicted molar refractivity (Wildman–Crippen MR) is 325 cm³/mol. The third-order valence-electron chi connectivity index (χ3n) is 15.1. The molecule has 0 spiro atoms. The summed E-state index contributed by atoms with van der Waals surface area (Å²) in [6.07, 6.45) is 87.1. The second-order valence-electron chi connectivity index (χ2n) is 22.5. The Labute approximate surface area is 462 Å². The molecular formula is C69H128O5. The Morgan fingerprint density at radius 1 is 0.324 bits per heavy atom. The maximum atomic E-state index is 12.4. The molecule has 0 rings (SSSR count). The van der Waals surface area contributed by atoms with Crippen molar-refractivity contribution >= 4 is 11.9 Å². The third-order valence-corrected chi connectivity index (χ3v) is 15.1. The molecule has 5 heteroatoms. The molecule has 0 fully saturated rings. The summed E-state index contributed by atoms with van der Waals surface area (Å²) >= 11 is 0. The van der Waals surface area contributed by atoms with Crippen LogP contribution in [0.15, 0.2) is 48.6 Å². The van der Waals surface area contributed by atoms with Crippen molar-refractivity contribution in [2.45, 2.75) is 367 Å². The molecule has 434 valence electrons. The van der Waals surface area contributed by atoms with Gasteiger partial charge in [0.05, 0.1) is 6.61 Å². The minimum atomic E-state index is -0.770. The Balaban J connectivity index is 3.40. The minimum absolute atomic E-state index is 0.0593. The number of ether oxygens (including phenoxy) is 2. The molecule has 0 bridgehead atoms. The van der Waals surface area contributed by atoms with Gasteiger partial charge < -0.3 is 14.6 Å². The average Bonchev–Trinajstić information content (AvgIpc) is 3.40. The molecule has 1 atom stereocenters. The topological polar surface area (TPSA) is 72.8 Å². The fourth-order valence-electron chi connectivity index (χ4n) is 10.2. The Hall–Kier alpha value is -2.14. The molecule has 0 aliphatic rings. The van der Waals surface area contributed by atoms with Gasteiger partial charge in [-0.05, 0) is 51.4 Å². The first kappa shape index (κ1) is 71.9. The number of carbonyl (C=O) groups excluding carboxylic acids is 2. The van der Waals surface area contributed by atoms with E-state index in [0.29, 0.717) is 12.8 Å². The lowest BCUT2D eigenvalue weighted by atomic mass is 10.0. The molecule has 0 aromatic rings. The minimum Gasteiger partial charge on any atom is -0.462 e. The molecule has 0 saturated carbocycles. The zero-order valence-corrected chi connectivity index (χ0v) is 49.9. The van der Waals surface area contributed by atoms with Crippen LogP contribution in [0.25, 0.3) is 0 Å². The summed E-state index contributed by atoms with van der Waals surface area (Å²) in [7, 11) is 0. The lowest BCUT2D eigenvalue weighted by Crippen LogP contribution is -2.28. The average molecular weight is 1040 g/mol. The molecular weight excluding hydrogens is 909 g/mol. The third kappa shape index (κ3) is 62.4. The summed E-state index contributed by atoms with van der Waals surface area (Å²) in [6.45, 7) is 4.09. The van der Waals surface area contributed by atoms with Gasteiger partial charge >= 0.3 is 11.9 Å². The van der Waals surface area contributed by atoms with Crippen molar-refractivity contribution in [1.82, 2.24) is 0 Å². The summed E-state index contributed by atoms with van der Waals surface area (Å²) in [6, 6.07) is 0. The highest BCUT2D eigenvalue weighted by Crippen LogP contribution is 2.19. The van der Waals surface area contributed by atoms with Crippen molar-refractivity contribution in [1.29, 1.82) is 0 Å². The summed E-state index contributed by atoms with van der Waals surface area (Å²) < 4.78 is 10.8. The number of unbranched alkanes of at least 4 members (excludes halogenated alkanes) is 46. The monoisotopic (exact) mass is 1040 g/mol.